The van der Waals surface area contributed by atoms with Crippen LogP contribution in [-0.4, -0.2) is 65.6 Å². The van der Waals surface area contributed by atoms with Gasteiger partial charge in [0.1, 0.15) is 17.6 Å². The number of likely N-dealkylation sites (tertiary alicyclic amines) is 1. The van der Waals surface area contributed by atoms with E-state index >= 15 is 0 Å². The second-order valence-electron chi connectivity index (χ2n) is 7.85. The summed E-state index contributed by atoms with van der Waals surface area (Å²) >= 11 is 0. The van der Waals surface area contributed by atoms with E-state index in [1.54, 1.807) is 24.1 Å². The summed E-state index contributed by atoms with van der Waals surface area (Å²) in [6, 6.07) is 5.51. The monoisotopic (exact) mass is 392 g/mol. The van der Waals surface area contributed by atoms with E-state index in [0.717, 1.165) is 25.7 Å². The molecule has 0 aromatic heterocycles. The van der Waals surface area contributed by atoms with Gasteiger partial charge in [0.05, 0.1) is 13.2 Å². The molecule has 0 radical (unpaired) electrons. The van der Waals surface area contributed by atoms with E-state index in [0.29, 0.717) is 37.7 Å². The normalized spacial score (nSPS) is 24.6. The molecule has 3 unspecified atom stereocenters. The van der Waals surface area contributed by atoms with Crippen LogP contribution in [0.4, 0.5) is 4.39 Å². The predicted molar refractivity (Wildman–Crippen MR) is 103 cm³/mol. The lowest BCUT2D eigenvalue weighted by atomic mass is 9.85. The average Bonchev–Trinajstić information content (AvgIpc) is 3.05. The van der Waals surface area contributed by atoms with Gasteiger partial charge in [0.2, 0.25) is 5.91 Å². The summed E-state index contributed by atoms with van der Waals surface area (Å²) in [5, 5.41) is 9.57. The van der Waals surface area contributed by atoms with Crippen molar-refractivity contribution in [1.29, 1.82) is 0 Å². The minimum absolute atomic E-state index is 0.0562. The molecule has 1 aromatic rings. The van der Waals surface area contributed by atoms with E-state index in [-0.39, 0.29) is 24.3 Å². The van der Waals surface area contributed by atoms with E-state index in [2.05, 4.69) is 0 Å². The first-order chi connectivity index (χ1) is 13.5. The van der Waals surface area contributed by atoms with Crippen molar-refractivity contribution >= 4 is 11.9 Å². The molecule has 1 heterocycles. The first-order valence-electron chi connectivity index (χ1n) is 10.1. The summed E-state index contributed by atoms with van der Waals surface area (Å²) in [6.07, 6.45) is 5.61. The number of carbonyl (C=O) groups excluding carboxylic acids is 1. The molecule has 2 fully saturated rings. The number of nitrogens with zero attached hydrogens (tertiary/aromatic N) is 2. The van der Waals surface area contributed by atoms with Crippen LogP contribution in [0.2, 0.25) is 0 Å². The Hall–Kier alpha value is -2.15. The SMILES string of the molecule is CN(CCCOc1ccc(F)cc1)C(=O)CN1C(C(=O)O)CC2CCCCC21. The average molecular weight is 392 g/mol. The highest BCUT2D eigenvalue weighted by Gasteiger charge is 2.45. The van der Waals surface area contributed by atoms with Crippen molar-refractivity contribution in [2.75, 3.05) is 26.7 Å². The molecular weight excluding hydrogens is 363 g/mol. The van der Waals surface area contributed by atoms with Gasteiger partial charge in [0.25, 0.3) is 0 Å². The van der Waals surface area contributed by atoms with Crippen LogP contribution in [0.15, 0.2) is 24.3 Å². The summed E-state index contributed by atoms with van der Waals surface area (Å²) in [7, 11) is 1.74. The fraction of sp³-hybridized carbons (Fsp3) is 0.619. The maximum absolute atomic E-state index is 12.9. The summed E-state index contributed by atoms with van der Waals surface area (Å²) in [6.45, 7) is 1.11. The van der Waals surface area contributed by atoms with Gasteiger partial charge < -0.3 is 14.7 Å². The van der Waals surface area contributed by atoms with Gasteiger partial charge in [-0.1, -0.05) is 12.8 Å². The molecular formula is C21H29FN2O4. The number of carbonyl (C=O) groups is 2. The number of hydrogen-bond acceptors (Lipinski definition) is 4. The minimum atomic E-state index is -0.822. The van der Waals surface area contributed by atoms with Crippen LogP contribution in [0.1, 0.15) is 38.5 Å². The van der Waals surface area contributed by atoms with Gasteiger partial charge in [0, 0.05) is 19.6 Å². The first kappa shape index (κ1) is 20.6. The topological polar surface area (TPSA) is 70.1 Å². The van der Waals surface area contributed by atoms with Gasteiger partial charge in [-0.25, -0.2) is 4.39 Å². The lowest BCUT2D eigenvalue weighted by Crippen LogP contribution is -2.48. The number of aliphatic carboxylic acids is 1. The molecule has 3 rings (SSSR count). The second kappa shape index (κ2) is 9.37. The van der Waals surface area contributed by atoms with Crippen LogP contribution in [0.5, 0.6) is 5.75 Å². The zero-order chi connectivity index (χ0) is 20.1. The van der Waals surface area contributed by atoms with Gasteiger partial charge in [-0.3, -0.25) is 14.5 Å². The van der Waals surface area contributed by atoms with Crippen molar-refractivity contribution in [1.82, 2.24) is 9.80 Å². The van der Waals surface area contributed by atoms with Crippen LogP contribution in [0.3, 0.4) is 0 Å². The molecule has 7 heteroatoms. The molecule has 6 nitrogen and oxygen atoms in total. The maximum atomic E-state index is 12.9. The minimum Gasteiger partial charge on any atom is -0.494 e. The molecule has 1 aliphatic carbocycles. The summed E-state index contributed by atoms with van der Waals surface area (Å²) < 4.78 is 18.4. The molecule has 1 amide bonds. The lowest BCUT2D eigenvalue weighted by molar-refractivity contribution is -0.144. The van der Waals surface area contributed by atoms with Crippen LogP contribution in [0, 0.1) is 11.7 Å². The molecule has 28 heavy (non-hydrogen) atoms. The molecule has 1 saturated heterocycles. The van der Waals surface area contributed by atoms with E-state index in [4.69, 9.17) is 4.74 Å². The van der Waals surface area contributed by atoms with Crippen molar-refractivity contribution in [2.24, 2.45) is 5.92 Å². The summed E-state index contributed by atoms with van der Waals surface area (Å²) in [4.78, 5) is 27.9. The van der Waals surface area contributed by atoms with E-state index in [1.165, 1.54) is 12.1 Å². The molecule has 0 spiro atoms. The number of benzene rings is 1. The van der Waals surface area contributed by atoms with Crippen molar-refractivity contribution in [3.8, 4) is 5.75 Å². The third kappa shape index (κ3) is 5.01. The lowest BCUT2D eigenvalue weighted by Gasteiger charge is -2.33. The van der Waals surface area contributed by atoms with Crippen LogP contribution >= 0.6 is 0 Å². The molecule has 154 valence electrons. The van der Waals surface area contributed by atoms with Crippen molar-refractivity contribution in [3.05, 3.63) is 30.1 Å². The summed E-state index contributed by atoms with van der Waals surface area (Å²) in [5.41, 5.74) is 0. The Labute approximate surface area is 165 Å². The second-order valence-corrected chi connectivity index (χ2v) is 7.85. The van der Waals surface area contributed by atoms with Crippen LogP contribution in [0.25, 0.3) is 0 Å². The Morgan fingerprint density at radius 2 is 1.96 bits per heavy atom. The van der Waals surface area contributed by atoms with Crippen molar-refractivity contribution in [2.45, 2.75) is 50.6 Å². The number of amides is 1. The zero-order valence-corrected chi connectivity index (χ0v) is 16.3. The number of likely N-dealkylation sites (N-methyl/N-ethyl adjacent to an activating group) is 1. The predicted octanol–water partition coefficient (Wildman–Crippen LogP) is 2.77. The number of ether oxygens (including phenoxy) is 1. The first-order valence-corrected chi connectivity index (χ1v) is 10.1. The number of carboxylic acids is 1. The largest absolute Gasteiger partial charge is 0.494 e. The Kier molecular flexibility index (Phi) is 6.88. The molecule has 1 N–H and O–H groups in total. The van der Waals surface area contributed by atoms with E-state index in [1.807, 2.05) is 4.90 Å². The third-order valence-corrected chi connectivity index (χ3v) is 5.97. The molecule has 3 atom stereocenters. The van der Waals surface area contributed by atoms with E-state index < -0.39 is 12.0 Å². The van der Waals surface area contributed by atoms with Gasteiger partial charge in [0.15, 0.2) is 0 Å². The maximum Gasteiger partial charge on any atom is 0.320 e. The Morgan fingerprint density at radius 3 is 2.68 bits per heavy atom. The fourth-order valence-electron chi connectivity index (χ4n) is 4.45. The molecule has 2 aliphatic rings. The van der Waals surface area contributed by atoms with Gasteiger partial charge in [-0.05, 0) is 55.9 Å². The van der Waals surface area contributed by atoms with Crippen LogP contribution in [-0.2, 0) is 9.59 Å². The fourth-order valence-corrected chi connectivity index (χ4v) is 4.45. The van der Waals surface area contributed by atoms with Gasteiger partial charge in [-0.2, -0.15) is 0 Å². The Morgan fingerprint density at radius 1 is 1.25 bits per heavy atom. The van der Waals surface area contributed by atoms with Crippen LogP contribution < -0.4 is 4.74 Å². The molecule has 1 aromatic carbocycles. The van der Waals surface area contributed by atoms with Gasteiger partial charge in [-0.15, -0.1) is 0 Å². The Bertz CT molecular complexity index is 681. The molecule has 1 aliphatic heterocycles. The molecule has 0 bridgehead atoms. The number of hydrogen-bond donors (Lipinski definition) is 1. The number of halogens is 1. The molecule has 1 saturated carbocycles. The number of fused-ring (bicyclic) bond motifs is 1. The quantitative estimate of drug-likeness (QED) is 0.689. The third-order valence-electron chi connectivity index (χ3n) is 5.97. The Balaban J connectivity index is 1.46. The number of carboxylic acid groups (broad SMARTS) is 1. The summed E-state index contributed by atoms with van der Waals surface area (Å²) in [5.74, 6) is -0.187. The van der Waals surface area contributed by atoms with E-state index in [9.17, 15) is 19.1 Å². The highest BCUT2D eigenvalue weighted by molar-refractivity contribution is 5.80. The smallest absolute Gasteiger partial charge is 0.320 e. The number of rotatable bonds is 8. The zero-order valence-electron chi connectivity index (χ0n) is 16.3. The van der Waals surface area contributed by atoms with Crippen molar-refractivity contribution in [3.63, 3.8) is 0 Å². The van der Waals surface area contributed by atoms with Crippen molar-refractivity contribution < 1.29 is 23.8 Å². The highest BCUT2D eigenvalue weighted by Crippen LogP contribution is 2.39. The van der Waals surface area contributed by atoms with Gasteiger partial charge >= 0.3 is 5.97 Å². The highest BCUT2D eigenvalue weighted by atomic mass is 19.1. The standard InChI is InChI=1S/C21H29FN2O4/c1-23(11-4-12-28-17-9-7-16(22)8-10-17)20(25)14-24-18-6-3-2-5-15(18)13-19(24)21(26)27/h7-10,15,18-19H,2-6,11-14H2,1H3,(H,26,27).